The lowest BCUT2D eigenvalue weighted by Gasteiger charge is -2.15. The molecule has 72 heavy (non-hydrogen) atoms. The molecule has 0 aliphatic rings. The van der Waals surface area contributed by atoms with Crippen molar-refractivity contribution in [1.82, 2.24) is 9.97 Å². The highest BCUT2D eigenvalue weighted by atomic mass is 127. The molecule has 0 atom stereocenters. The number of fused-ring (bicyclic) bond motifs is 4. The van der Waals surface area contributed by atoms with Gasteiger partial charge in [0.1, 0.15) is 4.75 Å². The predicted octanol–water partition coefficient (Wildman–Crippen LogP) is 16.2. The number of benzene rings is 8. The van der Waals surface area contributed by atoms with E-state index in [0.717, 1.165) is 55.1 Å². The first-order valence-electron chi connectivity index (χ1n) is 22.7. The van der Waals surface area contributed by atoms with E-state index in [-0.39, 0.29) is 5.97 Å². The Labute approximate surface area is 449 Å². The predicted molar refractivity (Wildman–Crippen MR) is 318 cm³/mol. The normalized spacial score (nSPS) is 10.5. The number of ether oxygens (including phenoxy) is 1. The highest BCUT2D eigenvalue weighted by Crippen LogP contribution is 2.38. The second-order valence-electron chi connectivity index (χ2n) is 15.6. The van der Waals surface area contributed by atoms with Gasteiger partial charge < -0.3 is 4.74 Å². The van der Waals surface area contributed by atoms with Crippen molar-refractivity contribution in [2.24, 2.45) is 0 Å². The molecule has 0 aliphatic carbocycles. The quantitative estimate of drug-likeness (QED) is 0.0652. The van der Waals surface area contributed by atoms with Crippen LogP contribution >= 0.6 is 75.9 Å². The van der Waals surface area contributed by atoms with Crippen molar-refractivity contribution in [1.29, 1.82) is 0 Å². The highest BCUT2D eigenvalue weighted by molar-refractivity contribution is 14.1. The van der Waals surface area contributed by atoms with Crippen molar-refractivity contribution >= 4 is 150 Å². The molecule has 0 N–H and O–H groups in total. The number of halogens is 1. The van der Waals surface area contributed by atoms with E-state index in [9.17, 15) is 14.4 Å². The van der Waals surface area contributed by atoms with Crippen molar-refractivity contribution in [2.45, 2.75) is 13.8 Å². The first-order valence-corrected chi connectivity index (χ1v) is 28.6. The maximum absolute atomic E-state index is 11.7. The Morgan fingerprint density at radius 3 is 1.75 bits per heavy atom. The van der Waals surface area contributed by atoms with Crippen LogP contribution in [-0.4, -0.2) is 35.1 Å². The lowest BCUT2D eigenvalue weighted by molar-refractivity contribution is 0.0526. The minimum Gasteiger partial charge on any atom is -0.462 e. The van der Waals surface area contributed by atoms with Gasteiger partial charge in [0.25, 0.3) is 0 Å². The minimum absolute atomic E-state index is 0.332. The largest absolute Gasteiger partial charge is 0.462 e. The van der Waals surface area contributed by atoms with Crippen LogP contribution in [-0.2, 0) is 4.74 Å². The van der Waals surface area contributed by atoms with E-state index in [0.29, 0.717) is 17.7 Å². The SMILES string of the molecule is CCOC(=O)c1ccc(-c2sc3ccccc3c2C=O)cc1.Cc1ccc(I)cc1.O=Cc1csc2ccccc12.c1ccc(P(c2ccccc2)c2nc3ccccc3s2)cc1.c1ccc2scnc2c1. The van der Waals surface area contributed by atoms with Crippen LogP contribution in [0.5, 0.6) is 0 Å². The van der Waals surface area contributed by atoms with E-state index in [4.69, 9.17) is 9.72 Å². The standard InChI is InChI=1S/C19H14NPS.C18H14O3S.C9H6OS.C7H7I.C7H5NS/c1-3-9-15(10-4-1)21(16-11-5-2-6-12-16)19-20-17-13-7-8-14-18(17)22-19;1-2-21-18(20)13-9-7-12(8-10-13)17-15(11-19)14-5-3-4-6-16(14)22-17;10-5-7-6-11-9-4-2-1-3-8(7)9;1-6-2-4-7(8)5-3-6;1-2-4-7-6(3-1)8-5-9-7/h1-14H;3-11H,2H2,1H3;1-6H;2-5H,1H3;1-5H. The number of hydrogen-bond donors (Lipinski definition) is 0. The number of aldehydes is 2. The van der Waals surface area contributed by atoms with Gasteiger partial charge in [-0.2, -0.15) is 0 Å². The number of esters is 1. The summed E-state index contributed by atoms with van der Waals surface area (Å²) in [4.78, 5) is 43.6. The fraction of sp³-hybridized carbons (Fsp3) is 0.0500. The van der Waals surface area contributed by atoms with E-state index in [2.05, 4.69) is 150 Å². The molecular weight excluding hydrogens is 1100 g/mol. The molecule has 0 saturated heterocycles. The number of aromatic nitrogens is 2. The molecule has 4 heterocycles. The second kappa shape index (κ2) is 26.2. The topological polar surface area (TPSA) is 86.2 Å². The number of carbonyl (C=O) groups is 3. The third-order valence-corrected chi connectivity index (χ3v) is 18.3. The summed E-state index contributed by atoms with van der Waals surface area (Å²) in [5.74, 6) is -0.332. The molecule has 12 rings (SSSR count). The van der Waals surface area contributed by atoms with Gasteiger partial charge in [-0.05, 0) is 113 Å². The van der Waals surface area contributed by atoms with E-state index < -0.39 is 7.92 Å². The van der Waals surface area contributed by atoms with Crippen LogP contribution in [0, 0.1) is 10.5 Å². The van der Waals surface area contributed by atoms with Crippen LogP contribution in [0.15, 0.2) is 217 Å². The zero-order valence-corrected chi connectivity index (χ0v) is 45.4. The molecule has 4 aromatic heterocycles. The van der Waals surface area contributed by atoms with Gasteiger partial charge in [0.2, 0.25) is 0 Å². The molecule has 0 saturated carbocycles. The molecule has 0 unspecified atom stereocenters. The van der Waals surface area contributed by atoms with Crippen LogP contribution in [0.1, 0.15) is 43.6 Å². The van der Waals surface area contributed by atoms with Crippen LogP contribution in [0.3, 0.4) is 0 Å². The average molecular weight is 1150 g/mol. The second-order valence-corrected chi connectivity index (χ2v) is 23.2. The van der Waals surface area contributed by atoms with Gasteiger partial charge in [-0.15, -0.1) is 45.3 Å². The molecule has 6 nitrogen and oxygen atoms in total. The molecule has 0 amide bonds. The fourth-order valence-electron chi connectivity index (χ4n) is 7.27. The number of carbonyl (C=O) groups excluding carboxylic acids is 3. The van der Waals surface area contributed by atoms with E-state index in [1.165, 1.54) is 38.6 Å². The molecule has 0 bridgehead atoms. The summed E-state index contributed by atoms with van der Waals surface area (Å²) >= 11 is 8.97. The van der Waals surface area contributed by atoms with E-state index in [1.54, 1.807) is 53.1 Å². The van der Waals surface area contributed by atoms with Crippen molar-refractivity contribution in [2.75, 3.05) is 6.61 Å². The Bertz CT molecular complexity index is 3530. The Hall–Kier alpha value is -6.57. The van der Waals surface area contributed by atoms with Gasteiger partial charge in [0, 0.05) is 53.0 Å². The zero-order valence-electron chi connectivity index (χ0n) is 39.1. The van der Waals surface area contributed by atoms with Crippen molar-refractivity contribution in [3.63, 3.8) is 0 Å². The number of aryl methyl sites for hydroxylation is 1. The molecular formula is C60H46IN2O4PS4. The number of thiazole rings is 2. The van der Waals surface area contributed by atoms with E-state index >= 15 is 0 Å². The number of thiophene rings is 2. The van der Waals surface area contributed by atoms with Crippen molar-refractivity contribution in [3.8, 4) is 10.4 Å². The van der Waals surface area contributed by atoms with Crippen LogP contribution in [0.25, 0.3) is 51.0 Å². The van der Waals surface area contributed by atoms with Gasteiger partial charge in [-0.3, -0.25) is 9.59 Å². The lowest BCUT2D eigenvalue weighted by atomic mass is 10.1. The van der Waals surface area contributed by atoms with Crippen LogP contribution in [0.4, 0.5) is 0 Å². The summed E-state index contributed by atoms with van der Waals surface area (Å²) in [6.07, 6.45) is 1.80. The number of nitrogens with zero attached hydrogens (tertiary/aromatic N) is 2. The zero-order chi connectivity index (χ0) is 50.1. The summed E-state index contributed by atoms with van der Waals surface area (Å²) in [7, 11) is -0.585. The van der Waals surface area contributed by atoms with Gasteiger partial charge in [-0.25, -0.2) is 14.8 Å². The Morgan fingerprint density at radius 2 is 1.15 bits per heavy atom. The molecule has 0 spiro atoms. The number of para-hydroxylation sites is 2. The third-order valence-electron chi connectivity index (χ3n) is 10.8. The Balaban J connectivity index is 0.000000128. The first-order chi connectivity index (χ1) is 35.3. The Morgan fingerprint density at radius 1 is 0.583 bits per heavy atom. The minimum atomic E-state index is -0.585. The molecule has 356 valence electrons. The summed E-state index contributed by atoms with van der Waals surface area (Å²) in [5, 5.41) is 6.61. The summed E-state index contributed by atoms with van der Waals surface area (Å²) in [6.45, 7) is 4.22. The third kappa shape index (κ3) is 13.5. The maximum atomic E-state index is 11.7. The molecule has 0 aliphatic heterocycles. The van der Waals surface area contributed by atoms with Crippen LogP contribution in [0.2, 0.25) is 0 Å². The molecule has 12 aromatic rings. The summed E-state index contributed by atoms with van der Waals surface area (Å²) in [6, 6.07) is 69.3. The maximum Gasteiger partial charge on any atom is 0.338 e. The highest BCUT2D eigenvalue weighted by Gasteiger charge is 2.20. The first kappa shape index (κ1) is 51.8. The van der Waals surface area contributed by atoms with Gasteiger partial charge in [-0.1, -0.05) is 151 Å². The Kier molecular flexibility index (Phi) is 18.9. The lowest BCUT2D eigenvalue weighted by Crippen LogP contribution is -2.19. The van der Waals surface area contributed by atoms with Crippen molar-refractivity contribution < 1.29 is 19.1 Å². The number of hydrogen-bond acceptors (Lipinski definition) is 10. The summed E-state index contributed by atoms with van der Waals surface area (Å²) in [5.41, 5.74) is 8.32. The van der Waals surface area contributed by atoms with Gasteiger partial charge in [0.15, 0.2) is 12.6 Å². The monoisotopic (exact) mass is 1140 g/mol. The van der Waals surface area contributed by atoms with Crippen LogP contribution < -0.4 is 15.4 Å². The van der Waals surface area contributed by atoms with Gasteiger partial charge >= 0.3 is 5.97 Å². The van der Waals surface area contributed by atoms with Crippen molar-refractivity contribution in [3.05, 3.63) is 243 Å². The fourth-order valence-corrected chi connectivity index (χ4v) is 14.3. The molecule has 0 fully saturated rings. The van der Waals surface area contributed by atoms with Gasteiger partial charge in [0.05, 0.1) is 38.1 Å². The molecule has 0 radical (unpaired) electrons. The molecule has 12 heteroatoms. The smallest absolute Gasteiger partial charge is 0.338 e. The summed E-state index contributed by atoms with van der Waals surface area (Å²) < 4.78 is 12.3. The number of rotatable bonds is 8. The van der Waals surface area contributed by atoms with E-state index in [1.807, 2.05) is 101 Å². The molecule has 8 aromatic carbocycles. The average Bonchev–Trinajstić information content (AvgIpc) is 4.26.